The van der Waals surface area contributed by atoms with E-state index in [1.165, 1.54) is 0 Å². The summed E-state index contributed by atoms with van der Waals surface area (Å²) in [7, 11) is 0. The highest BCUT2D eigenvalue weighted by molar-refractivity contribution is 9.10. The summed E-state index contributed by atoms with van der Waals surface area (Å²) >= 11 is 3.39. The molecule has 0 aliphatic heterocycles. The second-order valence-corrected chi connectivity index (χ2v) is 5.40. The number of rotatable bonds is 4. The smallest absolute Gasteiger partial charge is 0.249 e. The van der Waals surface area contributed by atoms with Crippen LogP contribution >= 0.6 is 15.9 Å². The Morgan fingerprint density at radius 1 is 1.14 bits per heavy atom. The number of hydrogen-bond donors (Lipinski definition) is 1. The van der Waals surface area contributed by atoms with Gasteiger partial charge in [-0.1, -0.05) is 36.4 Å². The van der Waals surface area contributed by atoms with Crippen LogP contribution in [0.3, 0.4) is 0 Å². The minimum absolute atomic E-state index is 0.0918. The molecule has 0 bridgehead atoms. The van der Waals surface area contributed by atoms with Gasteiger partial charge in [-0.05, 0) is 40.0 Å². The molecule has 3 rings (SSSR count). The minimum atomic E-state index is -0.0918. The van der Waals surface area contributed by atoms with E-state index in [4.69, 9.17) is 0 Å². The second kappa shape index (κ2) is 6.05. The monoisotopic (exact) mass is 344 g/mol. The molecule has 6 heteroatoms. The van der Waals surface area contributed by atoms with Crippen molar-refractivity contribution in [3.63, 3.8) is 0 Å². The number of nitrogens with zero attached hydrogens (tertiary/aromatic N) is 3. The minimum Gasteiger partial charge on any atom is -0.293 e. The van der Waals surface area contributed by atoms with Gasteiger partial charge in [-0.25, -0.2) is 4.52 Å². The fourth-order valence-electron chi connectivity index (χ4n) is 2.02. The highest BCUT2D eigenvalue weighted by Crippen LogP contribution is 2.13. The summed E-state index contributed by atoms with van der Waals surface area (Å²) in [4.78, 5) is 16.2. The standard InChI is InChI=1S/C15H13BrN4O/c16-12-7-4-8-13-17-15(19-20(12)13)18-14(21)10-9-11-5-2-1-3-6-11/h1-8H,9-10H2,(H,18,19,21). The van der Waals surface area contributed by atoms with E-state index in [1.807, 2.05) is 48.5 Å². The number of carbonyl (C=O) groups excluding carboxylic acids is 1. The molecular weight excluding hydrogens is 332 g/mol. The topological polar surface area (TPSA) is 59.3 Å². The van der Waals surface area contributed by atoms with Gasteiger partial charge in [0.1, 0.15) is 4.60 Å². The van der Waals surface area contributed by atoms with Crippen molar-refractivity contribution in [2.45, 2.75) is 12.8 Å². The van der Waals surface area contributed by atoms with Crippen LogP contribution in [0.1, 0.15) is 12.0 Å². The second-order valence-electron chi connectivity index (χ2n) is 4.59. The van der Waals surface area contributed by atoms with Gasteiger partial charge < -0.3 is 0 Å². The van der Waals surface area contributed by atoms with Gasteiger partial charge in [-0.3, -0.25) is 10.1 Å². The Kier molecular flexibility index (Phi) is 3.96. The normalized spacial score (nSPS) is 10.7. The molecule has 0 unspecified atom stereocenters. The SMILES string of the molecule is O=C(CCc1ccccc1)Nc1nc2cccc(Br)n2n1. The summed E-state index contributed by atoms with van der Waals surface area (Å²) < 4.78 is 2.42. The molecule has 5 nitrogen and oxygen atoms in total. The summed E-state index contributed by atoms with van der Waals surface area (Å²) in [6.07, 6.45) is 1.10. The molecule has 0 aliphatic carbocycles. The van der Waals surface area contributed by atoms with E-state index in [-0.39, 0.29) is 5.91 Å². The molecule has 2 heterocycles. The molecule has 21 heavy (non-hydrogen) atoms. The number of fused-ring (bicyclic) bond motifs is 1. The number of benzene rings is 1. The van der Waals surface area contributed by atoms with E-state index in [2.05, 4.69) is 31.3 Å². The first kappa shape index (κ1) is 13.8. The van der Waals surface area contributed by atoms with Crippen molar-refractivity contribution in [1.29, 1.82) is 0 Å². The number of nitrogens with one attached hydrogen (secondary N) is 1. The molecule has 0 saturated heterocycles. The molecule has 2 aromatic heterocycles. The van der Waals surface area contributed by atoms with Gasteiger partial charge in [0, 0.05) is 6.42 Å². The van der Waals surface area contributed by atoms with E-state index in [1.54, 1.807) is 4.52 Å². The van der Waals surface area contributed by atoms with Crippen molar-refractivity contribution < 1.29 is 4.79 Å². The van der Waals surface area contributed by atoms with Crippen molar-refractivity contribution in [2.75, 3.05) is 5.32 Å². The Morgan fingerprint density at radius 3 is 2.71 bits per heavy atom. The third kappa shape index (κ3) is 3.28. The van der Waals surface area contributed by atoms with Gasteiger partial charge in [0.05, 0.1) is 0 Å². The van der Waals surface area contributed by atoms with Gasteiger partial charge in [-0.15, -0.1) is 5.10 Å². The zero-order valence-electron chi connectivity index (χ0n) is 11.2. The Balaban J connectivity index is 1.65. The quantitative estimate of drug-likeness (QED) is 0.740. The average Bonchev–Trinajstić information content (AvgIpc) is 2.90. The molecule has 0 spiro atoms. The van der Waals surface area contributed by atoms with E-state index in [0.717, 1.165) is 10.2 Å². The lowest BCUT2D eigenvalue weighted by Gasteiger charge is -2.01. The maximum atomic E-state index is 11.9. The van der Waals surface area contributed by atoms with Gasteiger partial charge in [0.25, 0.3) is 0 Å². The summed E-state index contributed by atoms with van der Waals surface area (Å²) in [5, 5.41) is 6.96. The molecule has 3 aromatic rings. The third-order valence-corrected chi connectivity index (χ3v) is 3.65. The van der Waals surface area contributed by atoms with Crippen LogP contribution < -0.4 is 5.32 Å². The molecule has 0 aliphatic rings. The zero-order chi connectivity index (χ0) is 14.7. The maximum absolute atomic E-state index is 11.9. The lowest BCUT2D eigenvalue weighted by Crippen LogP contribution is -2.13. The van der Waals surface area contributed by atoms with Crippen LogP contribution in [0.15, 0.2) is 53.1 Å². The summed E-state index contributed by atoms with van der Waals surface area (Å²) in [5.74, 6) is 0.228. The number of aromatic nitrogens is 3. The molecule has 1 N–H and O–H groups in total. The third-order valence-electron chi connectivity index (χ3n) is 3.05. The first-order chi connectivity index (χ1) is 10.2. The Morgan fingerprint density at radius 2 is 1.95 bits per heavy atom. The highest BCUT2D eigenvalue weighted by atomic mass is 79.9. The van der Waals surface area contributed by atoms with Crippen molar-refractivity contribution in [3.05, 3.63) is 58.7 Å². The van der Waals surface area contributed by atoms with Crippen molar-refractivity contribution in [1.82, 2.24) is 14.6 Å². The predicted molar refractivity (Wildman–Crippen MR) is 84.1 cm³/mol. The van der Waals surface area contributed by atoms with E-state index in [0.29, 0.717) is 24.4 Å². The molecule has 0 atom stereocenters. The molecule has 0 fully saturated rings. The lowest BCUT2D eigenvalue weighted by atomic mass is 10.1. The molecule has 1 amide bonds. The maximum Gasteiger partial charge on any atom is 0.249 e. The number of aryl methyl sites for hydroxylation is 1. The number of amides is 1. The number of halogens is 1. The van der Waals surface area contributed by atoms with Gasteiger partial charge in [0.2, 0.25) is 11.9 Å². The van der Waals surface area contributed by atoms with Crippen LogP contribution in [0.4, 0.5) is 5.95 Å². The van der Waals surface area contributed by atoms with Gasteiger partial charge in [-0.2, -0.15) is 4.98 Å². The van der Waals surface area contributed by atoms with Gasteiger partial charge >= 0.3 is 0 Å². The molecule has 106 valence electrons. The number of pyridine rings is 1. The molecule has 0 saturated carbocycles. The first-order valence-electron chi connectivity index (χ1n) is 6.57. The zero-order valence-corrected chi connectivity index (χ0v) is 12.7. The Bertz CT molecular complexity index is 770. The summed E-state index contributed by atoms with van der Waals surface area (Å²) in [5.41, 5.74) is 1.82. The van der Waals surface area contributed by atoms with Gasteiger partial charge in [0.15, 0.2) is 5.65 Å². The fraction of sp³-hybridized carbons (Fsp3) is 0.133. The molecular formula is C15H13BrN4O. The van der Waals surface area contributed by atoms with Crippen LogP contribution in [0.2, 0.25) is 0 Å². The van der Waals surface area contributed by atoms with Crippen LogP contribution in [0.25, 0.3) is 5.65 Å². The van der Waals surface area contributed by atoms with E-state index < -0.39 is 0 Å². The fourth-order valence-corrected chi connectivity index (χ4v) is 2.43. The Hall–Kier alpha value is -2.21. The van der Waals surface area contributed by atoms with Crippen LogP contribution in [0, 0.1) is 0 Å². The summed E-state index contributed by atoms with van der Waals surface area (Å²) in [6, 6.07) is 15.5. The van der Waals surface area contributed by atoms with Crippen molar-refractivity contribution >= 4 is 33.4 Å². The van der Waals surface area contributed by atoms with E-state index >= 15 is 0 Å². The Labute approximate surface area is 130 Å². The number of anilines is 1. The van der Waals surface area contributed by atoms with E-state index in [9.17, 15) is 4.79 Å². The van der Waals surface area contributed by atoms with Crippen molar-refractivity contribution in [2.24, 2.45) is 0 Å². The van der Waals surface area contributed by atoms with Crippen LogP contribution in [0.5, 0.6) is 0 Å². The first-order valence-corrected chi connectivity index (χ1v) is 7.37. The highest BCUT2D eigenvalue weighted by Gasteiger charge is 2.09. The van der Waals surface area contributed by atoms with Crippen LogP contribution in [-0.2, 0) is 11.2 Å². The molecule has 1 aromatic carbocycles. The average molecular weight is 345 g/mol. The summed E-state index contributed by atoms with van der Waals surface area (Å²) in [6.45, 7) is 0. The lowest BCUT2D eigenvalue weighted by molar-refractivity contribution is -0.116. The largest absolute Gasteiger partial charge is 0.293 e. The van der Waals surface area contributed by atoms with Crippen molar-refractivity contribution in [3.8, 4) is 0 Å². The number of hydrogen-bond acceptors (Lipinski definition) is 3. The molecule has 0 radical (unpaired) electrons. The predicted octanol–water partition coefficient (Wildman–Crippen LogP) is 3.06. The van der Waals surface area contributed by atoms with Crippen LogP contribution in [-0.4, -0.2) is 20.5 Å². The number of carbonyl (C=O) groups is 1.